The summed E-state index contributed by atoms with van der Waals surface area (Å²) in [6.45, 7) is 2.93. The molecule has 63 heavy (non-hydrogen) atoms. The summed E-state index contributed by atoms with van der Waals surface area (Å²) in [5.74, 6) is 0.365. The molecule has 3 N–H and O–H groups in total. The molecular formula is C50H49N3O10. The van der Waals surface area contributed by atoms with E-state index in [1.807, 2.05) is 60.7 Å². The summed E-state index contributed by atoms with van der Waals surface area (Å²) in [7, 11) is 1.19. The lowest BCUT2D eigenvalue weighted by Crippen LogP contribution is -2.56. The Kier molecular flexibility index (Phi) is 12.2. The van der Waals surface area contributed by atoms with Crippen LogP contribution in [0.15, 0.2) is 115 Å². The molecule has 4 aromatic rings. The second-order valence-electron chi connectivity index (χ2n) is 16.5. The van der Waals surface area contributed by atoms with Gasteiger partial charge in [0.2, 0.25) is 5.91 Å². The predicted octanol–water partition coefficient (Wildman–Crippen LogP) is 6.57. The maximum Gasteiger partial charge on any atom is 0.329 e. The summed E-state index contributed by atoms with van der Waals surface area (Å²) in [4.78, 5) is 76.0. The van der Waals surface area contributed by atoms with Crippen molar-refractivity contribution in [3.8, 4) is 17.6 Å². The fourth-order valence-electron chi connectivity index (χ4n) is 9.86. The number of esters is 2. The minimum absolute atomic E-state index is 0.0568. The number of aliphatic carboxylic acids is 1. The molecule has 0 saturated carbocycles. The van der Waals surface area contributed by atoms with Crippen LogP contribution in [0, 0.1) is 23.7 Å². The second-order valence-corrected chi connectivity index (χ2v) is 16.5. The quantitative estimate of drug-likeness (QED) is 0.117. The number of hydrogen-bond acceptors (Lipinski definition) is 10. The van der Waals surface area contributed by atoms with Gasteiger partial charge in [0, 0.05) is 11.1 Å². The Morgan fingerprint density at radius 2 is 1.60 bits per heavy atom. The first-order valence-electron chi connectivity index (χ1n) is 21.2. The standard InChI is InChI=1S/C50H49N3O10/c1-30(2)40(46(57)61-3)51-49(60)52-37-26-25-32(24-23-31-15-7-4-8-16-31)29-36(37)50(48(52)59)39(45(55)56)42-47(58)63-43(34-19-11-6-12-20-34)41(33-17-9-5-10-18-33)53(42)44(50)35-21-13-14-22-38(35)62-28-27-54/h5-6,9-15,17-22,25-26,29-30,39-44,54H,4,7-8,16,27-28H2,1-3H3,(H,51,60)(H,55,56)/t39-,40+,41-,42-,43+,44+,50-/m1/s1. The number of allylic oxidation sites excluding steroid dienone is 2. The molecule has 0 radical (unpaired) electrons. The average Bonchev–Trinajstić information content (AvgIpc) is 3.76. The normalized spacial score (nSPS) is 24.4. The van der Waals surface area contributed by atoms with Crippen molar-refractivity contribution in [1.82, 2.24) is 10.2 Å². The number of amides is 3. The zero-order valence-electron chi connectivity index (χ0n) is 35.2. The van der Waals surface area contributed by atoms with Gasteiger partial charge in [-0.2, -0.15) is 0 Å². The van der Waals surface area contributed by atoms with E-state index >= 15 is 4.79 Å². The van der Waals surface area contributed by atoms with Gasteiger partial charge in [-0.25, -0.2) is 14.5 Å². The Hall–Kier alpha value is -6.75. The van der Waals surface area contributed by atoms with E-state index < -0.39 is 77.4 Å². The SMILES string of the molecule is COC(=O)[C@@H](NC(=O)N1C(=O)[C@@]2(c3cc(C#CC4=CCCCC4)ccc31)[C@H](c1ccccc1OCCO)N1[C@H](c3ccccc3)[C@H](c3ccccc3)OC(=O)[C@H]1[C@@H]2C(=O)O)C(C)C. The first kappa shape index (κ1) is 42.9. The number of carboxylic acid groups (broad SMARTS) is 1. The average molecular weight is 852 g/mol. The van der Waals surface area contributed by atoms with Crippen molar-refractivity contribution >= 4 is 35.5 Å². The fourth-order valence-corrected chi connectivity index (χ4v) is 9.86. The third kappa shape index (κ3) is 7.53. The zero-order valence-corrected chi connectivity index (χ0v) is 35.2. The first-order valence-corrected chi connectivity index (χ1v) is 21.2. The van der Waals surface area contributed by atoms with Gasteiger partial charge in [0.25, 0.3) is 0 Å². The number of rotatable bonds is 10. The molecule has 324 valence electrons. The van der Waals surface area contributed by atoms with E-state index in [9.17, 15) is 29.4 Å². The number of para-hydroxylation sites is 1. The molecule has 3 amide bonds. The number of carbonyl (C=O) groups is 5. The van der Waals surface area contributed by atoms with Crippen molar-refractivity contribution in [1.29, 1.82) is 0 Å². The number of morpholine rings is 1. The van der Waals surface area contributed by atoms with Crippen molar-refractivity contribution in [2.45, 2.75) is 75.2 Å². The summed E-state index contributed by atoms with van der Waals surface area (Å²) >= 11 is 0. The number of methoxy groups -OCH3 is 1. The summed E-state index contributed by atoms with van der Waals surface area (Å²) in [6, 6.07) is 24.0. The molecule has 1 aliphatic carbocycles. The monoisotopic (exact) mass is 851 g/mol. The molecule has 2 fully saturated rings. The number of urea groups is 1. The maximum atomic E-state index is 16.2. The topological polar surface area (TPSA) is 172 Å². The molecule has 1 spiro atoms. The Bertz CT molecular complexity index is 2510. The van der Waals surface area contributed by atoms with Crippen LogP contribution >= 0.6 is 0 Å². The Labute approximate surface area is 365 Å². The van der Waals surface area contributed by atoms with E-state index in [1.165, 1.54) is 7.11 Å². The van der Waals surface area contributed by atoms with E-state index in [4.69, 9.17) is 14.2 Å². The zero-order chi connectivity index (χ0) is 44.4. The number of ether oxygens (including phenoxy) is 3. The lowest BCUT2D eigenvalue weighted by Gasteiger charge is -2.46. The van der Waals surface area contributed by atoms with E-state index in [0.29, 0.717) is 22.3 Å². The van der Waals surface area contributed by atoms with Crippen molar-refractivity contribution in [2.75, 3.05) is 25.2 Å². The molecule has 3 aliphatic heterocycles. The molecule has 4 aromatic carbocycles. The maximum absolute atomic E-state index is 16.2. The third-order valence-electron chi connectivity index (χ3n) is 12.5. The van der Waals surface area contributed by atoms with Gasteiger partial charge < -0.3 is 29.7 Å². The molecule has 0 aromatic heterocycles. The van der Waals surface area contributed by atoms with E-state index in [1.54, 1.807) is 61.2 Å². The molecule has 3 heterocycles. The highest BCUT2D eigenvalue weighted by Crippen LogP contribution is 2.66. The molecule has 0 unspecified atom stereocenters. The summed E-state index contributed by atoms with van der Waals surface area (Å²) < 4.78 is 17.6. The lowest BCUT2D eigenvalue weighted by molar-refractivity contribution is -0.179. The van der Waals surface area contributed by atoms with Gasteiger partial charge in [0.1, 0.15) is 41.9 Å². The minimum atomic E-state index is -2.25. The van der Waals surface area contributed by atoms with Crippen LogP contribution in [0.1, 0.15) is 85.5 Å². The van der Waals surface area contributed by atoms with Crippen LogP contribution in [0.4, 0.5) is 10.5 Å². The Balaban J connectivity index is 1.45. The number of benzene rings is 4. The summed E-state index contributed by atoms with van der Waals surface area (Å²) in [5, 5.41) is 24.3. The number of hydrogen-bond donors (Lipinski definition) is 3. The number of aliphatic hydroxyl groups is 1. The van der Waals surface area contributed by atoms with E-state index in [-0.39, 0.29) is 30.2 Å². The van der Waals surface area contributed by atoms with Gasteiger partial charge in [-0.3, -0.25) is 19.3 Å². The number of carboxylic acids is 1. The van der Waals surface area contributed by atoms with Crippen molar-refractivity contribution in [3.05, 3.63) is 143 Å². The van der Waals surface area contributed by atoms with Crippen LogP contribution in [-0.4, -0.2) is 77.4 Å². The van der Waals surface area contributed by atoms with Gasteiger partial charge in [-0.05, 0) is 78.1 Å². The molecule has 8 rings (SSSR count). The van der Waals surface area contributed by atoms with Crippen molar-refractivity contribution in [2.24, 2.45) is 11.8 Å². The van der Waals surface area contributed by atoms with Gasteiger partial charge in [0.05, 0.1) is 31.5 Å². The van der Waals surface area contributed by atoms with Crippen LogP contribution in [0.2, 0.25) is 0 Å². The predicted molar refractivity (Wildman–Crippen MR) is 231 cm³/mol. The number of nitrogens with one attached hydrogen (secondary N) is 1. The highest BCUT2D eigenvalue weighted by Gasteiger charge is 2.76. The molecule has 2 saturated heterocycles. The molecule has 4 aliphatic rings. The lowest BCUT2D eigenvalue weighted by atomic mass is 9.65. The van der Waals surface area contributed by atoms with Crippen molar-refractivity contribution < 1.29 is 48.4 Å². The van der Waals surface area contributed by atoms with E-state index in [2.05, 4.69) is 23.2 Å². The number of fused-ring (bicyclic) bond motifs is 3. The number of imide groups is 1. The third-order valence-corrected chi connectivity index (χ3v) is 12.5. The van der Waals surface area contributed by atoms with Crippen LogP contribution in [-0.2, 0) is 34.1 Å². The summed E-state index contributed by atoms with van der Waals surface area (Å²) in [5.41, 5.74) is 0.999. The van der Waals surface area contributed by atoms with Crippen LogP contribution in [0.25, 0.3) is 0 Å². The number of aliphatic hydroxyl groups excluding tert-OH is 1. The van der Waals surface area contributed by atoms with E-state index in [0.717, 1.165) is 36.2 Å². The molecule has 13 heteroatoms. The van der Waals surface area contributed by atoms with Gasteiger partial charge in [-0.1, -0.05) is 111 Å². The Morgan fingerprint density at radius 3 is 2.25 bits per heavy atom. The Morgan fingerprint density at radius 1 is 0.905 bits per heavy atom. The molecule has 7 atom stereocenters. The number of anilines is 1. The van der Waals surface area contributed by atoms with Crippen LogP contribution in [0.5, 0.6) is 5.75 Å². The second kappa shape index (κ2) is 17.9. The van der Waals surface area contributed by atoms with Gasteiger partial charge in [-0.15, -0.1) is 0 Å². The highest BCUT2D eigenvalue weighted by atomic mass is 16.6. The van der Waals surface area contributed by atoms with Crippen LogP contribution < -0.4 is 15.0 Å². The van der Waals surface area contributed by atoms with Gasteiger partial charge >= 0.3 is 23.9 Å². The number of nitrogens with zero attached hydrogens (tertiary/aromatic N) is 2. The molecule has 0 bridgehead atoms. The first-order chi connectivity index (χ1) is 30.5. The van der Waals surface area contributed by atoms with Crippen LogP contribution in [0.3, 0.4) is 0 Å². The minimum Gasteiger partial charge on any atom is -0.491 e. The van der Waals surface area contributed by atoms with Crippen molar-refractivity contribution in [3.63, 3.8) is 0 Å². The largest absolute Gasteiger partial charge is 0.491 e. The molecule has 13 nitrogen and oxygen atoms in total. The number of carbonyl (C=O) groups excluding carboxylic acids is 4. The summed E-state index contributed by atoms with van der Waals surface area (Å²) in [6.07, 6.45) is 4.88. The molecular weight excluding hydrogens is 803 g/mol. The smallest absolute Gasteiger partial charge is 0.329 e. The fraction of sp³-hybridized carbons (Fsp3) is 0.340. The van der Waals surface area contributed by atoms with Gasteiger partial charge in [0.15, 0.2) is 0 Å². The highest BCUT2D eigenvalue weighted by molar-refractivity contribution is 6.25. The number of cyclic esters (lactones) is 1.